The average molecular weight is 337 g/mol. The monoisotopic (exact) mass is 336 g/mol. The maximum Gasteiger partial charge on any atom is 0.227 e. The molecule has 0 aromatic heterocycles. The molecule has 1 aromatic rings. The third-order valence-corrected chi connectivity index (χ3v) is 5.48. The molecule has 2 aliphatic heterocycles. The van der Waals surface area contributed by atoms with Crippen molar-refractivity contribution in [2.45, 2.75) is 45.4 Å². The molecular formula is C19H29ClN2O. The van der Waals surface area contributed by atoms with Gasteiger partial charge in [-0.1, -0.05) is 32.0 Å². The standard InChI is InChI=1S/C19H28N2O.ClH/c1-14-9-11-21(18-8-4-3-7-17(14)18)19(22)12-15(2)16-6-5-10-20-13-16;/h3-4,7-8,14-16,20H,5-6,9-13H2,1-2H3;1H. The first-order chi connectivity index (χ1) is 10.7. The van der Waals surface area contributed by atoms with E-state index >= 15 is 0 Å². The predicted molar refractivity (Wildman–Crippen MR) is 98.4 cm³/mol. The quantitative estimate of drug-likeness (QED) is 0.905. The Kier molecular flexibility index (Phi) is 6.49. The lowest BCUT2D eigenvalue weighted by Gasteiger charge is -2.35. The Balaban J connectivity index is 0.00000192. The Hall–Kier alpha value is -1.06. The van der Waals surface area contributed by atoms with E-state index in [0.717, 1.165) is 31.7 Å². The van der Waals surface area contributed by atoms with E-state index in [1.165, 1.54) is 18.4 Å². The lowest BCUT2D eigenvalue weighted by atomic mass is 9.84. The predicted octanol–water partition coefficient (Wildman–Crippen LogP) is 3.97. The maximum atomic E-state index is 12.8. The maximum absolute atomic E-state index is 12.8. The molecule has 3 nitrogen and oxygen atoms in total. The topological polar surface area (TPSA) is 32.3 Å². The van der Waals surface area contributed by atoms with Crippen LogP contribution in [0.3, 0.4) is 0 Å². The van der Waals surface area contributed by atoms with E-state index in [1.807, 2.05) is 11.0 Å². The van der Waals surface area contributed by atoms with Crippen LogP contribution < -0.4 is 10.2 Å². The number of hydrogen-bond donors (Lipinski definition) is 1. The Bertz CT molecular complexity index is 528. The van der Waals surface area contributed by atoms with Crippen LogP contribution >= 0.6 is 12.4 Å². The SMILES string of the molecule is CC1CCN(C(=O)CC(C)C2CCCNC2)c2ccccc21.Cl. The number of piperidine rings is 1. The number of halogens is 1. The fourth-order valence-electron chi connectivity index (χ4n) is 3.92. The molecule has 4 heteroatoms. The second-order valence-corrected chi connectivity index (χ2v) is 7.08. The largest absolute Gasteiger partial charge is 0.316 e. The van der Waals surface area contributed by atoms with Crippen LogP contribution in [0.1, 0.15) is 51.0 Å². The highest BCUT2D eigenvalue weighted by Crippen LogP contribution is 2.35. The highest BCUT2D eigenvalue weighted by Gasteiger charge is 2.29. The van der Waals surface area contributed by atoms with Gasteiger partial charge in [0.05, 0.1) is 0 Å². The van der Waals surface area contributed by atoms with Gasteiger partial charge in [0.15, 0.2) is 0 Å². The summed E-state index contributed by atoms with van der Waals surface area (Å²) in [4.78, 5) is 14.9. The van der Waals surface area contributed by atoms with Gasteiger partial charge in [0.2, 0.25) is 5.91 Å². The number of nitrogens with zero attached hydrogens (tertiary/aromatic N) is 1. The van der Waals surface area contributed by atoms with Gasteiger partial charge in [0, 0.05) is 18.7 Å². The van der Waals surface area contributed by atoms with E-state index in [0.29, 0.717) is 30.1 Å². The van der Waals surface area contributed by atoms with Crippen molar-refractivity contribution in [1.29, 1.82) is 0 Å². The van der Waals surface area contributed by atoms with Crippen LogP contribution in [0.5, 0.6) is 0 Å². The number of nitrogens with one attached hydrogen (secondary N) is 1. The summed E-state index contributed by atoms with van der Waals surface area (Å²) in [6.45, 7) is 7.58. The third kappa shape index (κ3) is 4.07. The van der Waals surface area contributed by atoms with E-state index in [1.54, 1.807) is 0 Å². The highest BCUT2D eigenvalue weighted by molar-refractivity contribution is 5.94. The summed E-state index contributed by atoms with van der Waals surface area (Å²) < 4.78 is 0. The molecule has 3 rings (SSSR count). The molecule has 1 fully saturated rings. The van der Waals surface area contributed by atoms with Gasteiger partial charge in [-0.2, -0.15) is 0 Å². The molecule has 2 heterocycles. The zero-order valence-corrected chi connectivity index (χ0v) is 15.1. The lowest BCUT2D eigenvalue weighted by molar-refractivity contribution is -0.119. The van der Waals surface area contributed by atoms with Crippen LogP contribution in [0.25, 0.3) is 0 Å². The number of amides is 1. The van der Waals surface area contributed by atoms with Gasteiger partial charge in [-0.25, -0.2) is 0 Å². The van der Waals surface area contributed by atoms with Crippen molar-refractivity contribution >= 4 is 24.0 Å². The molecular weight excluding hydrogens is 308 g/mol. The highest BCUT2D eigenvalue weighted by atomic mass is 35.5. The van der Waals surface area contributed by atoms with Crippen molar-refractivity contribution in [2.75, 3.05) is 24.5 Å². The van der Waals surface area contributed by atoms with E-state index in [9.17, 15) is 4.79 Å². The van der Waals surface area contributed by atoms with Crippen LogP contribution in [-0.2, 0) is 4.79 Å². The molecule has 1 saturated heterocycles. The zero-order chi connectivity index (χ0) is 15.5. The fraction of sp³-hybridized carbons (Fsp3) is 0.632. The van der Waals surface area contributed by atoms with E-state index in [2.05, 4.69) is 37.4 Å². The number of rotatable bonds is 3. The van der Waals surface area contributed by atoms with E-state index < -0.39 is 0 Å². The fourth-order valence-corrected chi connectivity index (χ4v) is 3.92. The van der Waals surface area contributed by atoms with Crippen molar-refractivity contribution in [3.63, 3.8) is 0 Å². The van der Waals surface area contributed by atoms with Gasteiger partial charge >= 0.3 is 0 Å². The number of carbonyl (C=O) groups excluding carboxylic acids is 1. The number of benzene rings is 1. The first kappa shape index (κ1) is 18.3. The minimum absolute atomic E-state index is 0. The van der Waals surface area contributed by atoms with Gasteiger partial charge in [-0.15, -0.1) is 12.4 Å². The molecule has 0 bridgehead atoms. The summed E-state index contributed by atoms with van der Waals surface area (Å²) in [6, 6.07) is 8.41. The van der Waals surface area contributed by atoms with Crippen LogP contribution in [-0.4, -0.2) is 25.5 Å². The van der Waals surface area contributed by atoms with Crippen molar-refractivity contribution in [3.05, 3.63) is 29.8 Å². The summed E-state index contributed by atoms with van der Waals surface area (Å²) in [7, 11) is 0. The first-order valence-corrected chi connectivity index (χ1v) is 8.77. The van der Waals surface area contributed by atoms with Gasteiger partial charge < -0.3 is 10.2 Å². The number of hydrogen-bond acceptors (Lipinski definition) is 2. The molecule has 0 saturated carbocycles. The van der Waals surface area contributed by atoms with Gasteiger partial charge in [0.25, 0.3) is 0 Å². The summed E-state index contributed by atoms with van der Waals surface area (Å²) in [5.41, 5.74) is 2.47. The van der Waals surface area contributed by atoms with Gasteiger partial charge in [-0.05, 0) is 61.7 Å². The molecule has 0 radical (unpaired) electrons. The first-order valence-electron chi connectivity index (χ1n) is 8.77. The van der Waals surface area contributed by atoms with Gasteiger partial charge in [-0.3, -0.25) is 4.79 Å². The van der Waals surface area contributed by atoms with Crippen LogP contribution in [0.2, 0.25) is 0 Å². The smallest absolute Gasteiger partial charge is 0.227 e. The van der Waals surface area contributed by atoms with Crippen LogP contribution in [0.4, 0.5) is 5.69 Å². The Labute approximate surface area is 146 Å². The van der Waals surface area contributed by atoms with Crippen LogP contribution in [0.15, 0.2) is 24.3 Å². The van der Waals surface area contributed by atoms with Crippen molar-refractivity contribution in [3.8, 4) is 0 Å². The molecule has 2 aliphatic rings. The molecule has 3 unspecified atom stereocenters. The molecule has 0 spiro atoms. The molecule has 3 atom stereocenters. The Morgan fingerprint density at radius 2 is 2.13 bits per heavy atom. The lowest BCUT2D eigenvalue weighted by Crippen LogP contribution is -2.39. The normalized spacial score (nSPS) is 25.2. The number of fused-ring (bicyclic) bond motifs is 1. The minimum Gasteiger partial charge on any atom is -0.316 e. The van der Waals surface area contributed by atoms with Crippen molar-refractivity contribution in [2.24, 2.45) is 11.8 Å². The summed E-state index contributed by atoms with van der Waals surface area (Å²) in [5.74, 6) is 1.97. The second-order valence-electron chi connectivity index (χ2n) is 7.08. The molecule has 1 amide bonds. The average Bonchev–Trinajstić information content (AvgIpc) is 2.56. The summed E-state index contributed by atoms with van der Waals surface area (Å²) in [6.07, 6.45) is 4.25. The number of para-hydroxylation sites is 1. The minimum atomic E-state index is 0. The summed E-state index contributed by atoms with van der Waals surface area (Å²) in [5, 5.41) is 3.47. The molecule has 1 N–H and O–H groups in total. The van der Waals surface area contributed by atoms with Crippen molar-refractivity contribution < 1.29 is 4.79 Å². The molecule has 128 valence electrons. The van der Waals surface area contributed by atoms with Gasteiger partial charge in [0.1, 0.15) is 0 Å². The second kappa shape index (κ2) is 8.16. The summed E-state index contributed by atoms with van der Waals surface area (Å²) >= 11 is 0. The van der Waals surface area contributed by atoms with Crippen molar-refractivity contribution in [1.82, 2.24) is 5.32 Å². The van der Waals surface area contributed by atoms with Crippen LogP contribution in [0, 0.1) is 11.8 Å². The molecule has 0 aliphatic carbocycles. The number of carbonyl (C=O) groups is 1. The number of anilines is 1. The Morgan fingerprint density at radius 1 is 1.35 bits per heavy atom. The molecule has 1 aromatic carbocycles. The third-order valence-electron chi connectivity index (χ3n) is 5.48. The Morgan fingerprint density at radius 3 is 2.87 bits per heavy atom. The zero-order valence-electron chi connectivity index (χ0n) is 14.3. The molecule has 23 heavy (non-hydrogen) atoms. The van der Waals surface area contributed by atoms with E-state index in [-0.39, 0.29) is 12.4 Å². The van der Waals surface area contributed by atoms with E-state index in [4.69, 9.17) is 0 Å².